The van der Waals surface area contributed by atoms with E-state index in [0.717, 1.165) is 62.6 Å². The van der Waals surface area contributed by atoms with Crippen LogP contribution in [0.5, 0.6) is 11.5 Å². The van der Waals surface area contributed by atoms with Crippen LogP contribution >= 0.6 is 0 Å². The Bertz CT molecular complexity index is 777. The maximum absolute atomic E-state index is 11.2. The molecule has 0 aliphatic carbocycles. The number of aliphatic hydroxyl groups excluding tert-OH is 1. The number of nitrogens with zero attached hydrogens (tertiary/aromatic N) is 3. The Morgan fingerprint density at radius 2 is 1.84 bits per heavy atom. The molecule has 31 heavy (non-hydrogen) atoms. The lowest BCUT2D eigenvalue weighted by atomic mass is 10.0. The molecule has 1 aromatic heterocycles. The molecule has 170 valence electrons. The van der Waals surface area contributed by atoms with Crippen LogP contribution in [0.2, 0.25) is 0 Å². The summed E-state index contributed by atoms with van der Waals surface area (Å²) in [6, 6.07) is 7.79. The second-order valence-corrected chi connectivity index (χ2v) is 8.60. The van der Waals surface area contributed by atoms with Gasteiger partial charge in [-0.25, -0.2) is 0 Å². The smallest absolute Gasteiger partial charge is 0.161 e. The Morgan fingerprint density at radius 1 is 1.03 bits per heavy atom. The summed E-state index contributed by atoms with van der Waals surface area (Å²) in [5.41, 5.74) is 0.889. The topological polar surface area (TPSA) is 71.8 Å². The van der Waals surface area contributed by atoms with Gasteiger partial charge in [-0.15, -0.1) is 0 Å². The van der Waals surface area contributed by atoms with Gasteiger partial charge >= 0.3 is 0 Å². The van der Waals surface area contributed by atoms with E-state index in [4.69, 9.17) is 9.47 Å². The molecular formula is C24H36N4O3. The molecule has 2 aromatic rings. The van der Waals surface area contributed by atoms with Crippen LogP contribution in [0.3, 0.4) is 0 Å². The van der Waals surface area contributed by atoms with Crippen molar-refractivity contribution in [1.29, 1.82) is 0 Å². The summed E-state index contributed by atoms with van der Waals surface area (Å²) in [6.45, 7) is 6.16. The van der Waals surface area contributed by atoms with Gasteiger partial charge in [0, 0.05) is 31.5 Å². The molecule has 1 aromatic carbocycles. The van der Waals surface area contributed by atoms with Crippen molar-refractivity contribution in [1.82, 2.24) is 20.0 Å². The van der Waals surface area contributed by atoms with Crippen LogP contribution in [0.4, 0.5) is 0 Å². The van der Waals surface area contributed by atoms with E-state index in [1.54, 1.807) is 0 Å². The second kappa shape index (κ2) is 11.5. The van der Waals surface area contributed by atoms with Crippen LogP contribution in [0.15, 0.2) is 36.7 Å². The summed E-state index contributed by atoms with van der Waals surface area (Å²) in [7, 11) is 0. The minimum Gasteiger partial charge on any atom is -0.486 e. The first-order valence-electron chi connectivity index (χ1n) is 11.8. The lowest BCUT2D eigenvalue weighted by molar-refractivity contribution is 0.105. The third-order valence-electron chi connectivity index (χ3n) is 6.22. The van der Waals surface area contributed by atoms with Gasteiger partial charge in [0.2, 0.25) is 0 Å². The first-order chi connectivity index (χ1) is 15.3. The number of hydrogen-bond acceptors (Lipinski definition) is 6. The van der Waals surface area contributed by atoms with E-state index in [-0.39, 0.29) is 6.04 Å². The Balaban J connectivity index is 1.26. The summed E-state index contributed by atoms with van der Waals surface area (Å²) in [4.78, 5) is 2.46. The lowest BCUT2D eigenvalue weighted by Crippen LogP contribution is -2.44. The fourth-order valence-corrected chi connectivity index (χ4v) is 4.47. The quantitative estimate of drug-likeness (QED) is 0.507. The highest BCUT2D eigenvalue weighted by Crippen LogP contribution is 2.33. The van der Waals surface area contributed by atoms with E-state index in [2.05, 4.69) is 15.3 Å². The van der Waals surface area contributed by atoms with Crippen LogP contribution in [0.25, 0.3) is 0 Å². The predicted octanol–water partition coefficient (Wildman–Crippen LogP) is 3.00. The molecule has 0 saturated carbocycles. The molecular weight excluding hydrogens is 392 g/mol. The van der Waals surface area contributed by atoms with Crippen LogP contribution in [-0.4, -0.2) is 65.2 Å². The Hall–Kier alpha value is -2.09. The standard InChI is InChI=1S/C24H36N4O3/c29-24(20-8-9-22-23(18-20)31-17-16-30-22)21(19-27-12-5-6-13-27)25-10-3-1-2-4-14-28-15-7-11-26-28/h7-9,11,15,18,21,24-25,29H,1-6,10,12-14,16-17,19H2/t21-,24-/m1/s1. The summed E-state index contributed by atoms with van der Waals surface area (Å²) >= 11 is 0. The average Bonchev–Trinajstić information content (AvgIpc) is 3.51. The number of benzene rings is 1. The zero-order valence-corrected chi connectivity index (χ0v) is 18.4. The van der Waals surface area contributed by atoms with Crippen LogP contribution in [0, 0.1) is 0 Å². The molecule has 1 saturated heterocycles. The van der Waals surface area contributed by atoms with E-state index < -0.39 is 6.10 Å². The molecule has 2 atom stereocenters. The summed E-state index contributed by atoms with van der Waals surface area (Å²) in [5.74, 6) is 1.50. The highest BCUT2D eigenvalue weighted by atomic mass is 16.6. The van der Waals surface area contributed by atoms with Gasteiger partial charge in [-0.1, -0.05) is 18.9 Å². The van der Waals surface area contributed by atoms with Crippen molar-refractivity contribution in [3.05, 3.63) is 42.2 Å². The minimum atomic E-state index is -0.573. The van der Waals surface area contributed by atoms with Gasteiger partial charge in [0.1, 0.15) is 13.2 Å². The fraction of sp³-hybridized carbons (Fsp3) is 0.625. The highest BCUT2D eigenvalue weighted by Gasteiger charge is 2.26. The summed E-state index contributed by atoms with van der Waals surface area (Å²) in [5, 5.41) is 19.1. The molecule has 0 radical (unpaired) electrons. The Morgan fingerprint density at radius 3 is 2.65 bits per heavy atom. The van der Waals surface area contributed by atoms with Gasteiger partial charge in [0.05, 0.1) is 6.10 Å². The molecule has 1 fully saturated rings. The van der Waals surface area contributed by atoms with Crippen molar-refractivity contribution in [2.75, 3.05) is 39.4 Å². The first-order valence-corrected chi connectivity index (χ1v) is 11.8. The molecule has 0 unspecified atom stereocenters. The van der Waals surface area contributed by atoms with Crippen LogP contribution < -0.4 is 14.8 Å². The number of ether oxygens (including phenoxy) is 2. The number of aliphatic hydroxyl groups is 1. The van der Waals surface area contributed by atoms with E-state index in [0.29, 0.717) is 13.2 Å². The normalized spacial score (nSPS) is 18.2. The third-order valence-corrected chi connectivity index (χ3v) is 6.22. The average molecular weight is 429 g/mol. The number of rotatable bonds is 12. The third kappa shape index (κ3) is 6.45. The van der Waals surface area contributed by atoms with Crippen molar-refractivity contribution >= 4 is 0 Å². The molecule has 2 N–H and O–H groups in total. The molecule has 3 heterocycles. The maximum atomic E-state index is 11.2. The van der Waals surface area contributed by atoms with Gasteiger partial charge in [-0.05, 0) is 69.1 Å². The number of unbranched alkanes of at least 4 members (excludes halogenated alkanes) is 3. The van der Waals surface area contributed by atoms with Crippen molar-refractivity contribution in [2.24, 2.45) is 0 Å². The second-order valence-electron chi connectivity index (χ2n) is 8.60. The molecule has 2 aliphatic rings. The Labute approximate surface area is 185 Å². The predicted molar refractivity (Wildman–Crippen MR) is 121 cm³/mol. The van der Waals surface area contributed by atoms with Crippen molar-refractivity contribution < 1.29 is 14.6 Å². The van der Waals surface area contributed by atoms with E-state index in [9.17, 15) is 5.11 Å². The zero-order chi connectivity index (χ0) is 21.3. The number of likely N-dealkylation sites (tertiary alicyclic amines) is 1. The SMILES string of the molecule is O[C@H](c1ccc2c(c1)OCCO2)[C@@H](CN1CCCC1)NCCCCCCn1cccn1. The van der Waals surface area contributed by atoms with Gasteiger partial charge in [0.15, 0.2) is 11.5 Å². The number of fused-ring (bicyclic) bond motifs is 1. The molecule has 0 amide bonds. The molecule has 7 heteroatoms. The largest absolute Gasteiger partial charge is 0.486 e. The molecule has 4 rings (SSSR count). The monoisotopic (exact) mass is 428 g/mol. The number of hydrogen-bond donors (Lipinski definition) is 2. The van der Waals surface area contributed by atoms with Crippen molar-refractivity contribution in [3.63, 3.8) is 0 Å². The van der Waals surface area contributed by atoms with Crippen LogP contribution in [0.1, 0.15) is 50.2 Å². The van der Waals surface area contributed by atoms with Crippen molar-refractivity contribution in [2.45, 2.75) is 57.2 Å². The van der Waals surface area contributed by atoms with Gasteiger partial charge in [0.25, 0.3) is 0 Å². The van der Waals surface area contributed by atoms with Gasteiger partial charge in [-0.3, -0.25) is 4.68 Å². The lowest BCUT2D eigenvalue weighted by Gasteiger charge is -2.29. The minimum absolute atomic E-state index is 0.00438. The first kappa shape index (κ1) is 22.1. The zero-order valence-electron chi connectivity index (χ0n) is 18.4. The molecule has 0 spiro atoms. The summed E-state index contributed by atoms with van der Waals surface area (Å²) in [6.07, 6.45) is 10.4. The van der Waals surface area contributed by atoms with Gasteiger partial charge in [-0.2, -0.15) is 5.10 Å². The Kier molecular flexibility index (Phi) is 8.21. The van der Waals surface area contributed by atoms with Gasteiger partial charge < -0.3 is 24.8 Å². The summed E-state index contributed by atoms with van der Waals surface area (Å²) < 4.78 is 13.3. The molecule has 2 aliphatic heterocycles. The van der Waals surface area contributed by atoms with E-state index in [1.807, 2.05) is 41.3 Å². The van der Waals surface area contributed by atoms with E-state index >= 15 is 0 Å². The number of nitrogens with one attached hydrogen (secondary N) is 1. The van der Waals surface area contributed by atoms with Crippen molar-refractivity contribution in [3.8, 4) is 11.5 Å². The fourth-order valence-electron chi connectivity index (χ4n) is 4.47. The number of aryl methyl sites for hydroxylation is 1. The molecule has 7 nitrogen and oxygen atoms in total. The number of aromatic nitrogens is 2. The highest BCUT2D eigenvalue weighted by molar-refractivity contribution is 5.44. The maximum Gasteiger partial charge on any atom is 0.161 e. The van der Waals surface area contributed by atoms with Crippen LogP contribution in [-0.2, 0) is 6.54 Å². The van der Waals surface area contributed by atoms with E-state index in [1.165, 1.54) is 25.7 Å². The molecule has 0 bridgehead atoms.